The Morgan fingerprint density at radius 2 is 2.13 bits per heavy atom. The normalized spacial score (nSPS) is 10.7. The summed E-state index contributed by atoms with van der Waals surface area (Å²) in [6.07, 6.45) is 0.963. The van der Waals surface area contributed by atoms with E-state index >= 15 is 0 Å². The number of fused-ring (bicyclic) bond motifs is 1. The Labute approximate surface area is 144 Å². The molecule has 0 aliphatic rings. The number of carbonyl (C=O) groups is 2. The molecule has 8 heteroatoms. The third-order valence-electron chi connectivity index (χ3n) is 3.18. The zero-order valence-corrected chi connectivity index (χ0v) is 14.6. The van der Waals surface area contributed by atoms with Gasteiger partial charge in [-0.05, 0) is 24.6 Å². The van der Waals surface area contributed by atoms with Crippen molar-refractivity contribution in [3.8, 4) is 0 Å². The minimum Gasteiger partial charge on any atom is -0.358 e. The van der Waals surface area contributed by atoms with Crippen LogP contribution in [0.25, 0.3) is 11.0 Å². The molecule has 0 fully saturated rings. The van der Waals surface area contributed by atoms with E-state index in [4.69, 9.17) is 11.6 Å². The lowest BCUT2D eigenvalue weighted by Crippen LogP contribution is -2.36. The maximum atomic E-state index is 11.8. The molecular formula is C15H19ClN4O2S. The van der Waals surface area contributed by atoms with E-state index in [-0.39, 0.29) is 24.1 Å². The van der Waals surface area contributed by atoms with Crippen molar-refractivity contribution >= 4 is 46.2 Å². The van der Waals surface area contributed by atoms with Crippen molar-refractivity contribution in [1.29, 1.82) is 0 Å². The molecule has 0 spiro atoms. The van der Waals surface area contributed by atoms with Crippen LogP contribution in [-0.2, 0) is 16.1 Å². The summed E-state index contributed by atoms with van der Waals surface area (Å²) in [6.45, 7) is 2.89. The summed E-state index contributed by atoms with van der Waals surface area (Å²) in [5.41, 5.74) is 1.82. The molecule has 1 aromatic carbocycles. The van der Waals surface area contributed by atoms with Gasteiger partial charge in [-0.2, -0.15) is 0 Å². The predicted molar refractivity (Wildman–Crippen MR) is 92.8 cm³/mol. The third-order valence-corrected chi connectivity index (χ3v) is 4.39. The lowest BCUT2D eigenvalue weighted by molar-refractivity contribution is -0.124. The van der Waals surface area contributed by atoms with Gasteiger partial charge in [0.1, 0.15) is 0 Å². The molecule has 1 aromatic heterocycles. The van der Waals surface area contributed by atoms with E-state index in [0.717, 1.165) is 29.2 Å². The summed E-state index contributed by atoms with van der Waals surface area (Å²) in [5.74, 6) is -0.222. The van der Waals surface area contributed by atoms with Crippen molar-refractivity contribution in [2.75, 3.05) is 19.3 Å². The summed E-state index contributed by atoms with van der Waals surface area (Å²) < 4.78 is 2.09. The van der Waals surface area contributed by atoms with Gasteiger partial charge in [0, 0.05) is 18.6 Å². The highest BCUT2D eigenvalue weighted by Gasteiger charge is 2.13. The van der Waals surface area contributed by atoms with E-state index < -0.39 is 0 Å². The van der Waals surface area contributed by atoms with Crippen molar-refractivity contribution in [2.24, 2.45) is 0 Å². The average molecular weight is 355 g/mol. The molecule has 2 N–H and O–H groups in total. The van der Waals surface area contributed by atoms with Gasteiger partial charge < -0.3 is 15.2 Å². The van der Waals surface area contributed by atoms with Crippen LogP contribution in [0.1, 0.15) is 13.3 Å². The number of nitrogens with one attached hydrogen (secondary N) is 2. The molecule has 0 aliphatic carbocycles. The van der Waals surface area contributed by atoms with Crippen LogP contribution in [0, 0.1) is 0 Å². The second kappa shape index (κ2) is 8.21. The fraction of sp³-hybridized carbons (Fsp3) is 0.400. The van der Waals surface area contributed by atoms with Crippen molar-refractivity contribution in [3.63, 3.8) is 0 Å². The molecule has 2 aromatic rings. The van der Waals surface area contributed by atoms with Gasteiger partial charge in [0.2, 0.25) is 11.8 Å². The first-order valence-electron chi connectivity index (χ1n) is 7.31. The van der Waals surface area contributed by atoms with Crippen molar-refractivity contribution in [3.05, 3.63) is 23.2 Å². The highest BCUT2D eigenvalue weighted by Crippen LogP contribution is 2.26. The number of hydrogen-bond donors (Lipinski definition) is 2. The predicted octanol–water partition coefficient (Wildman–Crippen LogP) is 2.05. The van der Waals surface area contributed by atoms with Crippen LogP contribution in [0.15, 0.2) is 23.4 Å². The number of thioether (sulfide) groups is 1. The van der Waals surface area contributed by atoms with Crippen LogP contribution in [0.2, 0.25) is 5.02 Å². The standard InChI is InChI=1S/C15H19ClN4O2S/c1-3-6-20-12-5-4-10(16)7-11(12)19-15(20)23-9-14(22)18-8-13(21)17-2/h4-5,7H,3,6,8-9H2,1-2H3,(H,17,21)(H,18,22). The number of aryl methyl sites for hydroxylation is 1. The second-order valence-corrected chi connectivity index (χ2v) is 6.30. The number of halogens is 1. The van der Waals surface area contributed by atoms with Crippen LogP contribution in [0.5, 0.6) is 0 Å². The molecule has 0 atom stereocenters. The Bertz CT molecular complexity index is 717. The van der Waals surface area contributed by atoms with Gasteiger partial charge in [-0.3, -0.25) is 9.59 Å². The van der Waals surface area contributed by atoms with E-state index in [0.29, 0.717) is 5.02 Å². The van der Waals surface area contributed by atoms with E-state index in [2.05, 4.69) is 27.1 Å². The van der Waals surface area contributed by atoms with E-state index in [1.807, 2.05) is 18.2 Å². The van der Waals surface area contributed by atoms with Crippen LogP contribution in [-0.4, -0.2) is 40.7 Å². The molecule has 0 saturated heterocycles. The Morgan fingerprint density at radius 1 is 1.35 bits per heavy atom. The monoisotopic (exact) mass is 354 g/mol. The van der Waals surface area contributed by atoms with Gasteiger partial charge in [0.15, 0.2) is 5.16 Å². The van der Waals surface area contributed by atoms with Gasteiger partial charge in [0.05, 0.1) is 23.3 Å². The number of benzene rings is 1. The van der Waals surface area contributed by atoms with E-state index in [1.54, 1.807) is 0 Å². The molecule has 1 heterocycles. The van der Waals surface area contributed by atoms with Gasteiger partial charge in [-0.25, -0.2) is 4.98 Å². The van der Waals surface area contributed by atoms with Crippen molar-refractivity contribution in [2.45, 2.75) is 25.0 Å². The molecule has 6 nitrogen and oxygen atoms in total. The second-order valence-electron chi connectivity index (χ2n) is 4.92. The SMILES string of the molecule is CCCn1c(SCC(=O)NCC(=O)NC)nc2cc(Cl)ccc21. The Kier molecular flexibility index (Phi) is 6.29. The summed E-state index contributed by atoms with van der Waals surface area (Å²) in [5, 5.41) is 6.44. The van der Waals surface area contributed by atoms with Gasteiger partial charge in [0.25, 0.3) is 0 Å². The van der Waals surface area contributed by atoms with Crippen molar-refractivity contribution < 1.29 is 9.59 Å². The number of hydrogen-bond acceptors (Lipinski definition) is 4. The molecule has 23 heavy (non-hydrogen) atoms. The smallest absolute Gasteiger partial charge is 0.239 e. The molecule has 0 unspecified atom stereocenters. The number of likely N-dealkylation sites (N-methyl/N-ethyl adjacent to an activating group) is 1. The number of rotatable bonds is 7. The number of amides is 2. The van der Waals surface area contributed by atoms with Crippen LogP contribution >= 0.6 is 23.4 Å². The molecule has 0 bridgehead atoms. The quantitative estimate of drug-likeness (QED) is 0.746. The molecule has 0 saturated carbocycles. The number of aromatic nitrogens is 2. The van der Waals surface area contributed by atoms with E-state index in [1.165, 1.54) is 18.8 Å². The van der Waals surface area contributed by atoms with Gasteiger partial charge >= 0.3 is 0 Å². The third kappa shape index (κ3) is 4.62. The molecule has 0 aliphatic heterocycles. The fourth-order valence-electron chi connectivity index (χ4n) is 2.08. The summed E-state index contributed by atoms with van der Waals surface area (Å²) in [4.78, 5) is 27.5. The minimum atomic E-state index is -0.226. The molecular weight excluding hydrogens is 336 g/mol. The highest BCUT2D eigenvalue weighted by molar-refractivity contribution is 7.99. The fourth-order valence-corrected chi connectivity index (χ4v) is 3.12. The number of carbonyl (C=O) groups excluding carboxylic acids is 2. The topological polar surface area (TPSA) is 76.0 Å². The minimum absolute atomic E-state index is 0.0170. The zero-order valence-electron chi connectivity index (χ0n) is 13.1. The Balaban J connectivity index is 2.08. The maximum Gasteiger partial charge on any atom is 0.239 e. The first-order chi connectivity index (χ1) is 11.0. The average Bonchev–Trinajstić information content (AvgIpc) is 2.87. The van der Waals surface area contributed by atoms with Gasteiger partial charge in [-0.15, -0.1) is 0 Å². The number of nitrogens with zero attached hydrogens (tertiary/aromatic N) is 2. The summed E-state index contributed by atoms with van der Waals surface area (Å²) in [7, 11) is 1.53. The maximum absolute atomic E-state index is 11.8. The lowest BCUT2D eigenvalue weighted by Gasteiger charge is -2.07. The van der Waals surface area contributed by atoms with Gasteiger partial charge in [-0.1, -0.05) is 30.3 Å². The first-order valence-corrected chi connectivity index (χ1v) is 8.67. The molecule has 124 valence electrons. The van der Waals surface area contributed by atoms with Crippen LogP contribution in [0.3, 0.4) is 0 Å². The summed E-state index contributed by atoms with van der Waals surface area (Å²) in [6, 6.07) is 5.59. The van der Waals surface area contributed by atoms with E-state index in [9.17, 15) is 9.59 Å². The molecule has 0 radical (unpaired) electrons. The van der Waals surface area contributed by atoms with Crippen LogP contribution in [0.4, 0.5) is 0 Å². The van der Waals surface area contributed by atoms with Crippen molar-refractivity contribution in [1.82, 2.24) is 20.2 Å². The lowest BCUT2D eigenvalue weighted by atomic mass is 10.3. The Morgan fingerprint density at radius 3 is 2.83 bits per heavy atom. The van der Waals surface area contributed by atoms with Crippen LogP contribution < -0.4 is 10.6 Å². The summed E-state index contributed by atoms with van der Waals surface area (Å²) >= 11 is 7.36. The molecule has 2 amide bonds. The first kappa shape index (κ1) is 17.6. The number of imidazole rings is 1. The molecule has 2 rings (SSSR count). The Hall–Kier alpha value is -1.73. The largest absolute Gasteiger partial charge is 0.358 e. The highest BCUT2D eigenvalue weighted by atomic mass is 35.5. The zero-order chi connectivity index (χ0) is 16.8.